The second kappa shape index (κ2) is 8.61. The minimum Gasteiger partial charge on any atom is -0.494 e. The molecule has 6 heteroatoms. The Morgan fingerprint density at radius 2 is 1.75 bits per heavy atom. The van der Waals surface area contributed by atoms with E-state index in [0.29, 0.717) is 30.4 Å². The molecule has 2 aromatic carbocycles. The van der Waals surface area contributed by atoms with Crippen molar-refractivity contribution in [3.05, 3.63) is 64.8 Å². The molecule has 3 aromatic rings. The van der Waals surface area contributed by atoms with Gasteiger partial charge in [-0.3, -0.25) is 4.79 Å². The molecule has 1 aliphatic carbocycles. The van der Waals surface area contributed by atoms with Gasteiger partial charge in [0.25, 0.3) is 0 Å². The maximum atomic E-state index is 13.1. The molecule has 0 saturated carbocycles. The summed E-state index contributed by atoms with van der Waals surface area (Å²) in [6, 6.07) is 13.8. The third kappa shape index (κ3) is 4.59. The maximum Gasteiger partial charge on any atom is 0.229 e. The first-order valence-corrected chi connectivity index (χ1v) is 11.0. The Hall–Kier alpha value is -3.41. The van der Waals surface area contributed by atoms with Crippen LogP contribution in [0.2, 0.25) is 0 Å². The molecule has 1 aromatic heterocycles. The van der Waals surface area contributed by atoms with E-state index in [1.165, 1.54) is 5.56 Å². The van der Waals surface area contributed by atoms with Gasteiger partial charge in [-0.15, -0.1) is 0 Å². The molecule has 166 valence electrons. The lowest BCUT2D eigenvalue weighted by Gasteiger charge is -2.30. The van der Waals surface area contributed by atoms with Gasteiger partial charge >= 0.3 is 0 Å². The highest BCUT2D eigenvalue weighted by molar-refractivity contribution is 6.03. The van der Waals surface area contributed by atoms with Crippen molar-refractivity contribution < 1.29 is 9.53 Å². The second-order valence-electron chi connectivity index (χ2n) is 9.11. The lowest BCUT2D eigenvalue weighted by atomic mass is 9.75. The van der Waals surface area contributed by atoms with E-state index in [1.54, 1.807) is 0 Å². The van der Waals surface area contributed by atoms with Crippen LogP contribution in [0, 0.1) is 19.3 Å². The number of anilines is 4. The van der Waals surface area contributed by atoms with Gasteiger partial charge in [0.05, 0.1) is 17.9 Å². The first-order valence-electron chi connectivity index (χ1n) is 11.0. The molecule has 0 fully saturated rings. The monoisotopic (exact) mass is 430 g/mol. The van der Waals surface area contributed by atoms with Gasteiger partial charge in [-0.1, -0.05) is 26.0 Å². The summed E-state index contributed by atoms with van der Waals surface area (Å²) in [6.07, 6.45) is 1.20. The fraction of sp³-hybridized carbons (Fsp3) is 0.346. The standard InChI is InChI=1S/C26H30N4O2/c1-6-32-19-12-10-18(11-13-19)27-25-29-21-14-26(4,5)15-22(31)23(21)24(30-25)28-20-9-7-8-16(2)17(20)3/h7-13H,6,14-15H2,1-5H3,(H2,27,28,29,30). The van der Waals surface area contributed by atoms with Crippen LogP contribution in [0.15, 0.2) is 42.5 Å². The van der Waals surface area contributed by atoms with Crippen LogP contribution in [0.25, 0.3) is 0 Å². The number of Topliss-reactive ketones (excluding diaryl/α,β-unsaturated/α-hetero) is 1. The van der Waals surface area contributed by atoms with E-state index < -0.39 is 0 Å². The van der Waals surface area contributed by atoms with Crippen LogP contribution >= 0.6 is 0 Å². The molecule has 6 nitrogen and oxygen atoms in total. The number of ketones is 1. The fourth-order valence-electron chi connectivity index (χ4n) is 4.06. The molecule has 0 atom stereocenters. The van der Waals surface area contributed by atoms with Gasteiger partial charge < -0.3 is 15.4 Å². The predicted molar refractivity (Wildman–Crippen MR) is 129 cm³/mol. The number of ether oxygens (including phenoxy) is 1. The smallest absolute Gasteiger partial charge is 0.229 e. The predicted octanol–water partition coefficient (Wildman–Crippen LogP) is 6.13. The fourth-order valence-corrected chi connectivity index (χ4v) is 4.06. The van der Waals surface area contributed by atoms with Gasteiger partial charge in [0, 0.05) is 17.8 Å². The number of carbonyl (C=O) groups excluding carboxylic acids is 1. The third-order valence-electron chi connectivity index (χ3n) is 5.83. The molecule has 0 saturated heterocycles. The Bertz CT molecular complexity index is 1150. The number of aromatic nitrogens is 2. The molecular formula is C26H30N4O2. The van der Waals surface area contributed by atoms with E-state index in [2.05, 4.69) is 44.4 Å². The number of benzene rings is 2. The highest BCUT2D eigenvalue weighted by Gasteiger charge is 2.35. The van der Waals surface area contributed by atoms with Crippen molar-refractivity contribution in [3.63, 3.8) is 0 Å². The van der Waals surface area contributed by atoms with E-state index in [4.69, 9.17) is 14.7 Å². The van der Waals surface area contributed by atoms with Gasteiger partial charge in [-0.2, -0.15) is 4.98 Å². The van der Waals surface area contributed by atoms with Gasteiger partial charge in [0.15, 0.2) is 5.78 Å². The number of rotatable bonds is 6. The van der Waals surface area contributed by atoms with Gasteiger partial charge in [-0.25, -0.2) is 4.98 Å². The van der Waals surface area contributed by atoms with Crippen LogP contribution in [0.5, 0.6) is 5.75 Å². The Morgan fingerprint density at radius 3 is 2.47 bits per heavy atom. The molecule has 4 rings (SSSR count). The zero-order valence-electron chi connectivity index (χ0n) is 19.4. The SMILES string of the molecule is CCOc1ccc(Nc2nc3c(c(Nc4cccc(C)c4C)n2)C(=O)CC(C)(C)C3)cc1. The second-order valence-corrected chi connectivity index (χ2v) is 9.11. The van der Waals surface area contributed by atoms with E-state index in [-0.39, 0.29) is 11.2 Å². The Balaban J connectivity index is 1.74. The summed E-state index contributed by atoms with van der Waals surface area (Å²) in [5.41, 5.74) is 5.35. The normalized spacial score (nSPS) is 14.6. The van der Waals surface area contributed by atoms with Crippen molar-refractivity contribution in [2.45, 2.75) is 47.5 Å². The number of nitrogens with one attached hydrogen (secondary N) is 2. The molecule has 0 aliphatic heterocycles. The van der Waals surface area contributed by atoms with Crippen LogP contribution < -0.4 is 15.4 Å². The zero-order valence-corrected chi connectivity index (χ0v) is 19.4. The number of aryl methyl sites for hydroxylation is 1. The number of nitrogens with zero attached hydrogens (tertiary/aromatic N) is 2. The lowest BCUT2D eigenvalue weighted by molar-refractivity contribution is 0.0911. The van der Waals surface area contributed by atoms with Crippen molar-refractivity contribution in [2.24, 2.45) is 5.41 Å². The van der Waals surface area contributed by atoms with E-state index in [1.807, 2.05) is 43.3 Å². The summed E-state index contributed by atoms with van der Waals surface area (Å²) >= 11 is 0. The topological polar surface area (TPSA) is 76.1 Å². The Labute approximate surface area is 189 Å². The van der Waals surface area contributed by atoms with E-state index in [0.717, 1.165) is 34.8 Å². The maximum absolute atomic E-state index is 13.1. The van der Waals surface area contributed by atoms with Crippen LogP contribution in [0.4, 0.5) is 23.1 Å². The first-order chi connectivity index (χ1) is 15.3. The largest absolute Gasteiger partial charge is 0.494 e. The van der Waals surface area contributed by atoms with Crippen LogP contribution in [0.3, 0.4) is 0 Å². The molecule has 1 heterocycles. The van der Waals surface area contributed by atoms with Gasteiger partial charge in [0.1, 0.15) is 11.6 Å². The molecule has 32 heavy (non-hydrogen) atoms. The molecule has 2 N–H and O–H groups in total. The van der Waals surface area contributed by atoms with Crippen molar-refractivity contribution >= 4 is 28.9 Å². The van der Waals surface area contributed by atoms with E-state index >= 15 is 0 Å². The number of hydrogen-bond donors (Lipinski definition) is 2. The molecular weight excluding hydrogens is 400 g/mol. The number of carbonyl (C=O) groups is 1. The minimum absolute atomic E-state index is 0.0803. The Kier molecular flexibility index (Phi) is 5.87. The highest BCUT2D eigenvalue weighted by atomic mass is 16.5. The molecule has 0 radical (unpaired) electrons. The molecule has 0 bridgehead atoms. The highest BCUT2D eigenvalue weighted by Crippen LogP contribution is 2.38. The lowest BCUT2D eigenvalue weighted by Crippen LogP contribution is -2.29. The zero-order chi connectivity index (χ0) is 22.9. The van der Waals surface area contributed by atoms with Crippen molar-refractivity contribution in [1.29, 1.82) is 0 Å². The molecule has 0 amide bonds. The average Bonchev–Trinajstić information content (AvgIpc) is 2.71. The summed E-state index contributed by atoms with van der Waals surface area (Å²) < 4.78 is 5.52. The summed E-state index contributed by atoms with van der Waals surface area (Å²) in [5.74, 6) is 1.91. The minimum atomic E-state index is -0.134. The van der Waals surface area contributed by atoms with Crippen LogP contribution in [0.1, 0.15) is 54.4 Å². The quantitative estimate of drug-likeness (QED) is 0.490. The third-order valence-corrected chi connectivity index (χ3v) is 5.83. The molecule has 0 unspecified atom stereocenters. The van der Waals surface area contributed by atoms with Crippen molar-refractivity contribution in [1.82, 2.24) is 9.97 Å². The Morgan fingerprint density at radius 1 is 1.00 bits per heavy atom. The summed E-state index contributed by atoms with van der Waals surface area (Å²) in [4.78, 5) is 22.5. The van der Waals surface area contributed by atoms with Crippen molar-refractivity contribution in [2.75, 3.05) is 17.2 Å². The van der Waals surface area contributed by atoms with E-state index in [9.17, 15) is 4.79 Å². The average molecular weight is 431 g/mol. The molecule has 1 aliphatic rings. The number of fused-ring (bicyclic) bond motifs is 1. The summed E-state index contributed by atoms with van der Waals surface area (Å²) in [7, 11) is 0. The number of hydrogen-bond acceptors (Lipinski definition) is 6. The molecule has 0 spiro atoms. The summed E-state index contributed by atoms with van der Waals surface area (Å²) in [6.45, 7) is 10.9. The van der Waals surface area contributed by atoms with Crippen LogP contribution in [-0.2, 0) is 6.42 Å². The first kappa shape index (κ1) is 21.8. The summed E-state index contributed by atoms with van der Waals surface area (Å²) in [5, 5.41) is 6.71. The van der Waals surface area contributed by atoms with Gasteiger partial charge in [0.2, 0.25) is 5.95 Å². The van der Waals surface area contributed by atoms with Gasteiger partial charge in [-0.05, 0) is 74.1 Å². The van der Waals surface area contributed by atoms with Crippen LogP contribution in [-0.4, -0.2) is 22.4 Å². The van der Waals surface area contributed by atoms with Crippen molar-refractivity contribution in [3.8, 4) is 5.75 Å².